The standard InChI is InChI=1S/C6H7N3S2/c1-3(2)4-7-5-6(10-4)8-9-11-5/h3H,1-2H3. The van der Waals surface area contributed by atoms with Gasteiger partial charge in [0.1, 0.15) is 0 Å². The predicted octanol–water partition coefficient (Wildman–Crippen LogP) is 2.27. The number of rotatable bonds is 1. The summed E-state index contributed by atoms with van der Waals surface area (Å²) in [6.45, 7) is 4.27. The molecule has 0 fully saturated rings. The lowest BCUT2D eigenvalue weighted by Gasteiger charge is -1.94. The SMILES string of the molecule is CC(C)c1nc2snnc2s1. The Balaban J connectivity index is 2.58. The van der Waals surface area contributed by atoms with Crippen molar-refractivity contribution >= 4 is 32.5 Å². The van der Waals surface area contributed by atoms with Gasteiger partial charge in [-0.25, -0.2) is 4.98 Å². The Labute approximate surface area is 72.3 Å². The highest BCUT2D eigenvalue weighted by Gasteiger charge is 2.09. The lowest BCUT2D eigenvalue weighted by atomic mass is 10.2. The van der Waals surface area contributed by atoms with E-state index in [-0.39, 0.29) is 0 Å². The molecule has 0 saturated heterocycles. The fraction of sp³-hybridized carbons (Fsp3) is 0.500. The van der Waals surface area contributed by atoms with Crippen molar-refractivity contribution in [3.8, 4) is 0 Å². The van der Waals surface area contributed by atoms with Crippen LogP contribution in [0, 0.1) is 0 Å². The van der Waals surface area contributed by atoms with Gasteiger partial charge in [0.25, 0.3) is 0 Å². The number of hydrogen-bond acceptors (Lipinski definition) is 5. The van der Waals surface area contributed by atoms with E-state index in [1.807, 2.05) is 0 Å². The maximum Gasteiger partial charge on any atom is 0.179 e. The normalized spacial score (nSPS) is 11.5. The second-order valence-electron chi connectivity index (χ2n) is 2.59. The summed E-state index contributed by atoms with van der Waals surface area (Å²) in [6, 6.07) is 0. The molecule has 0 aliphatic heterocycles. The lowest BCUT2D eigenvalue weighted by molar-refractivity contribution is 0.857. The number of aromatic nitrogens is 3. The minimum absolute atomic E-state index is 0.501. The van der Waals surface area contributed by atoms with Gasteiger partial charge in [0.2, 0.25) is 0 Å². The second kappa shape index (κ2) is 2.49. The highest BCUT2D eigenvalue weighted by atomic mass is 32.1. The molecule has 0 spiro atoms. The smallest absolute Gasteiger partial charge is 0.179 e. The minimum Gasteiger partial charge on any atom is -0.227 e. The summed E-state index contributed by atoms with van der Waals surface area (Å²) in [6.07, 6.45) is 0. The van der Waals surface area contributed by atoms with Gasteiger partial charge in [0.05, 0.1) is 5.01 Å². The van der Waals surface area contributed by atoms with E-state index in [4.69, 9.17) is 0 Å². The molecule has 5 heteroatoms. The Morgan fingerprint density at radius 3 is 2.73 bits per heavy atom. The Morgan fingerprint density at radius 2 is 2.09 bits per heavy atom. The quantitative estimate of drug-likeness (QED) is 0.684. The monoisotopic (exact) mass is 185 g/mol. The van der Waals surface area contributed by atoms with Crippen LogP contribution in [0.3, 0.4) is 0 Å². The summed E-state index contributed by atoms with van der Waals surface area (Å²) in [5.74, 6) is 0.501. The zero-order valence-corrected chi connectivity index (χ0v) is 7.87. The molecule has 2 aromatic heterocycles. The average Bonchev–Trinajstić information content (AvgIpc) is 2.40. The Bertz CT molecular complexity index is 334. The van der Waals surface area contributed by atoms with Crippen molar-refractivity contribution in [2.75, 3.05) is 0 Å². The van der Waals surface area contributed by atoms with Crippen molar-refractivity contribution in [2.45, 2.75) is 19.8 Å². The van der Waals surface area contributed by atoms with Crippen LogP contribution >= 0.6 is 22.9 Å². The molecule has 0 aromatic carbocycles. The predicted molar refractivity (Wildman–Crippen MR) is 47.2 cm³/mol. The summed E-state index contributed by atoms with van der Waals surface area (Å²) in [4.78, 5) is 6.33. The van der Waals surface area contributed by atoms with Crippen molar-refractivity contribution in [3.05, 3.63) is 5.01 Å². The largest absolute Gasteiger partial charge is 0.227 e. The third-order valence-corrected chi connectivity index (χ3v) is 3.34. The highest BCUT2D eigenvalue weighted by Crippen LogP contribution is 2.26. The first-order valence-corrected chi connectivity index (χ1v) is 4.95. The zero-order chi connectivity index (χ0) is 7.84. The van der Waals surface area contributed by atoms with Gasteiger partial charge in [0.15, 0.2) is 9.66 Å². The van der Waals surface area contributed by atoms with Crippen LogP contribution in [0.15, 0.2) is 0 Å². The van der Waals surface area contributed by atoms with E-state index in [0.29, 0.717) is 5.92 Å². The summed E-state index contributed by atoms with van der Waals surface area (Å²) >= 11 is 3.00. The van der Waals surface area contributed by atoms with Crippen molar-refractivity contribution < 1.29 is 0 Å². The fourth-order valence-electron chi connectivity index (χ4n) is 0.779. The molecule has 0 atom stereocenters. The van der Waals surface area contributed by atoms with Crippen LogP contribution < -0.4 is 0 Å². The molecule has 0 bridgehead atoms. The Hall–Kier alpha value is -0.550. The number of hydrogen-bond donors (Lipinski definition) is 0. The molecule has 2 aromatic rings. The summed E-state index contributed by atoms with van der Waals surface area (Å²) in [5.41, 5.74) is 0. The van der Waals surface area contributed by atoms with Crippen LogP contribution in [0.25, 0.3) is 9.66 Å². The van der Waals surface area contributed by atoms with E-state index in [1.54, 1.807) is 11.3 Å². The molecule has 11 heavy (non-hydrogen) atoms. The molecule has 2 heterocycles. The van der Waals surface area contributed by atoms with Gasteiger partial charge in [-0.3, -0.25) is 0 Å². The first-order valence-electron chi connectivity index (χ1n) is 3.36. The van der Waals surface area contributed by atoms with Crippen LogP contribution in [-0.4, -0.2) is 14.6 Å². The lowest BCUT2D eigenvalue weighted by Crippen LogP contribution is -1.82. The summed E-state index contributed by atoms with van der Waals surface area (Å²) < 4.78 is 3.80. The molecule has 0 aliphatic carbocycles. The van der Waals surface area contributed by atoms with Gasteiger partial charge in [-0.05, 0) is 0 Å². The van der Waals surface area contributed by atoms with Crippen molar-refractivity contribution in [2.24, 2.45) is 0 Å². The summed E-state index contributed by atoms with van der Waals surface area (Å²) in [7, 11) is 0. The molecular weight excluding hydrogens is 178 g/mol. The van der Waals surface area contributed by atoms with Crippen LogP contribution in [0.5, 0.6) is 0 Å². The van der Waals surface area contributed by atoms with E-state index >= 15 is 0 Å². The molecule has 0 unspecified atom stereocenters. The second-order valence-corrected chi connectivity index (χ2v) is 4.33. The molecule has 0 radical (unpaired) electrons. The third kappa shape index (κ3) is 1.14. The molecule has 0 N–H and O–H groups in total. The first kappa shape index (κ1) is 7.12. The van der Waals surface area contributed by atoms with E-state index in [0.717, 1.165) is 14.7 Å². The number of fused-ring (bicyclic) bond motifs is 1. The number of thiazole rings is 1. The number of nitrogens with zero attached hydrogens (tertiary/aromatic N) is 3. The fourth-order valence-corrected chi connectivity index (χ4v) is 2.37. The highest BCUT2D eigenvalue weighted by molar-refractivity contribution is 7.23. The van der Waals surface area contributed by atoms with Crippen LogP contribution in [0.4, 0.5) is 0 Å². The van der Waals surface area contributed by atoms with Gasteiger partial charge in [-0.15, -0.1) is 5.10 Å². The van der Waals surface area contributed by atoms with E-state index in [9.17, 15) is 0 Å². The molecule has 0 aliphatic rings. The van der Waals surface area contributed by atoms with Crippen LogP contribution in [0.1, 0.15) is 24.8 Å². The zero-order valence-electron chi connectivity index (χ0n) is 6.24. The van der Waals surface area contributed by atoms with E-state index < -0.39 is 0 Å². The third-order valence-electron chi connectivity index (χ3n) is 1.35. The molecular formula is C6H7N3S2. The topological polar surface area (TPSA) is 38.7 Å². The molecule has 3 nitrogen and oxygen atoms in total. The van der Waals surface area contributed by atoms with E-state index in [2.05, 4.69) is 28.4 Å². The Morgan fingerprint density at radius 1 is 1.27 bits per heavy atom. The van der Waals surface area contributed by atoms with Crippen molar-refractivity contribution in [1.82, 2.24) is 14.6 Å². The summed E-state index contributed by atoms with van der Waals surface area (Å²) in [5, 5.41) is 5.10. The maximum atomic E-state index is 4.38. The van der Waals surface area contributed by atoms with E-state index in [1.165, 1.54) is 11.5 Å². The van der Waals surface area contributed by atoms with Gasteiger partial charge in [-0.1, -0.05) is 29.7 Å². The Kier molecular flexibility index (Phi) is 1.61. The van der Waals surface area contributed by atoms with Gasteiger partial charge < -0.3 is 0 Å². The van der Waals surface area contributed by atoms with Gasteiger partial charge >= 0.3 is 0 Å². The molecule has 0 saturated carbocycles. The van der Waals surface area contributed by atoms with Gasteiger partial charge in [-0.2, -0.15) is 0 Å². The van der Waals surface area contributed by atoms with Crippen LogP contribution in [-0.2, 0) is 0 Å². The molecule has 2 rings (SSSR count). The van der Waals surface area contributed by atoms with Crippen LogP contribution in [0.2, 0.25) is 0 Å². The van der Waals surface area contributed by atoms with Crippen molar-refractivity contribution in [1.29, 1.82) is 0 Å². The van der Waals surface area contributed by atoms with Crippen molar-refractivity contribution in [3.63, 3.8) is 0 Å². The van der Waals surface area contributed by atoms with Gasteiger partial charge in [0, 0.05) is 17.5 Å². The first-order chi connectivity index (χ1) is 5.27. The average molecular weight is 185 g/mol. The maximum absolute atomic E-state index is 4.38. The minimum atomic E-state index is 0.501. The molecule has 58 valence electrons. The molecule has 0 amide bonds.